The van der Waals surface area contributed by atoms with Gasteiger partial charge in [-0.3, -0.25) is 4.79 Å². The van der Waals surface area contributed by atoms with Crippen molar-refractivity contribution in [2.75, 3.05) is 7.11 Å². The first-order valence-electron chi connectivity index (χ1n) is 9.05. The van der Waals surface area contributed by atoms with Crippen molar-refractivity contribution in [3.63, 3.8) is 0 Å². The van der Waals surface area contributed by atoms with Gasteiger partial charge in [-0.25, -0.2) is 0 Å². The SMILES string of the molecule is CCCCCCCCCCCC(=O)C(OC)Sc1ccccc1. The summed E-state index contributed by atoms with van der Waals surface area (Å²) in [7, 11) is 1.62. The van der Waals surface area contributed by atoms with Crippen molar-refractivity contribution in [3.05, 3.63) is 30.3 Å². The summed E-state index contributed by atoms with van der Waals surface area (Å²) in [6, 6.07) is 9.99. The first-order valence-corrected chi connectivity index (χ1v) is 9.93. The van der Waals surface area contributed by atoms with Gasteiger partial charge in [-0.1, -0.05) is 88.3 Å². The highest BCUT2D eigenvalue weighted by Crippen LogP contribution is 2.25. The van der Waals surface area contributed by atoms with E-state index in [2.05, 4.69) is 6.92 Å². The van der Waals surface area contributed by atoms with Gasteiger partial charge in [0.2, 0.25) is 0 Å². The fourth-order valence-corrected chi connectivity index (χ4v) is 3.50. The third-order valence-electron chi connectivity index (χ3n) is 3.99. The van der Waals surface area contributed by atoms with Crippen LogP contribution < -0.4 is 0 Å². The molecule has 0 aromatic heterocycles. The number of benzene rings is 1. The molecule has 23 heavy (non-hydrogen) atoms. The second-order valence-electron chi connectivity index (χ2n) is 6.04. The van der Waals surface area contributed by atoms with Gasteiger partial charge in [0.25, 0.3) is 0 Å². The normalized spacial score (nSPS) is 12.3. The summed E-state index contributed by atoms with van der Waals surface area (Å²) in [5.41, 5.74) is -0.369. The van der Waals surface area contributed by atoms with Crippen molar-refractivity contribution in [3.8, 4) is 0 Å². The number of rotatable bonds is 14. The van der Waals surface area contributed by atoms with Gasteiger partial charge < -0.3 is 4.74 Å². The molecule has 2 nitrogen and oxygen atoms in total. The van der Waals surface area contributed by atoms with Crippen molar-refractivity contribution in [2.24, 2.45) is 0 Å². The van der Waals surface area contributed by atoms with Crippen LogP contribution in [0.1, 0.15) is 71.1 Å². The number of thioether (sulfide) groups is 1. The fraction of sp³-hybridized carbons (Fsp3) is 0.650. The van der Waals surface area contributed by atoms with E-state index in [-0.39, 0.29) is 11.2 Å². The minimum atomic E-state index is -0.369. The van der Waals surface area contributed by atoms with Crippen LogP contribution >= 0.6 is 11.8 Å². The number of Topliss-reactive ketones (excluding diaryl/α,β-unsaturated/α-hetero) is 1. The Morgan fingerprint density at radius 1 is 0.957 bits per heavy atom. The second-order valence-corrected chi connectivity index (χ2v) is 7.18. The Bertz CT molecular complexity index is 405. The molecule has 1 atom stereocenters. The van der Waals surface area contributed by atoms with E-state index in [1.54, 1.807) is 7.11 Å². The zero-order valence-electron chi connectivity index (χ0n) is 14.8. The molecule has 0 bridgehead atoms. The second kappa shape index (κ2) is 13.6. The first kappa shape index (κ1) is 20.2. The van der Waals surface area contributed by atoms with E-state index in [9.17, 15) is 4.79 Å². The van der Waals surface area contributed by atoms with Crippen LogP contribution in [-0.4, -0.2) is 18.3 Å². The van der Waals surface area contributed by atoms with Crippen molar-refractivity contribution in [2.45, 2.75) is 81.5 Å². The van der Waals surface area contributed by atoms with E-state index in [0.29, 0.717) is 6.42 Å². The minimum Gasteiger partial charge on any atom is -0.363 e. The monoisotopic (exact) mass is 336 g/mol. The van der Waals surface area contributed by atoms with E-state index in [1.807, 2.05) is 30.3 Å². The van der Waals surface area contributed by atoms with Gasteiger partial charge in [-0.15, -0.1) is 0 Å². The van der Waals surface area contributed by atoms with Crippen molar-refractivity contribution in [1.29, 1.82) is 0 Å². The molecular weight excluding hydrogens is 304 g/mol. The Hall–Kier alpha value is -0.800. The highest BCUT2D eigenvalue weighted by molar-refractivity contribution is 8.00. The highest BCUT2D eigenvalue weighted by atomic mass is 32.2. The third kappa shape index (κ3) is 9.83. The number of hydrogen-bond donors (Lipinski definition) is 0. The van der Waals surface area contributed by atoms with Crippen LogP contribution in [0, 0.1) is 0 Å². The number of carbonyl (C=O) groups is 1. The average Bonchev–Trinajstić information content (AvgIpc) is 2.59. The lowest BCUT2D eigenvalue weighted by Gasteiger charge is -2.13. The predicted molar refractivity (Wildman–Crippen MR) is 99.9 cm³/mol. The molecule has 0 saturated heterocycles. The molecule has 0 N–H and O–H groups in total. The number of carbonyl (C=O) groups excluding carboxylic acids is 1. The maximum atomic E-state index is 12.2. The van der Waals surface area contributed by atoms with Gasteiger partial charge in [0, 0.05) is 18.4 Å². The van der Waals surface area contributed by atoms with Crippen LogP contribution in [0.3, 0.4) is 0 Å². The number of ether oxygens (including phenoxy) is 1. The summed E-state index contributed by atoms with van der Waals surface area (Å²) >= 11 is 1.50. The molecule has 1 aromatic rings. The largest absolute Gasteiger partial charge is 0.363 e. The number of methoxy groups -OCH3 is 1. The van der Waals surface area contributed by atoms with Crippen LogP contribution in [0.15, 0.2) is 35.2 Å². The van der Waals surface area contributed by atoms with E-state index >= 15 is 0 Å². The lowest BCUT2D eigenvalue weighted by atomic mass is 10.1. The van der Waals surface area contributed by atoms with Crippen LogP contribution in [0.25, 0.3) is 0 Å². The molecule has 0 heterocycles. The molecular formula is C20H32O2S. The quantitative estimate of drug-likeness (QED) is 0.228. The van der Waals surface area contributed by atoms with Crippen LogP contribution in [0.4, 0.5) is 0 Å². The van der Waals surface area contributed by atoms with Crippen molar-refractivity contribution >= 4 is 17.5 Å². The maximum Gasteiger partial charge on any atom is 0.172 e. The minimum absolute atomic E-state index is 0.212. The Balaban J connectivity index is 2.10. The molecule has 0 aliphatic carbocycles. The summed E-state index contributed by atoms with van der Waals surface area (Å²) < 4.78 is 5.36. The number of hydrogen-bond acceptors (Lipinski definition) is 3. The van der Waals surface area contributed by atoms with Gasteiger partial charge in [0.05, 0.1) is 0 Å². The van der Waals surface area contributed by atoms with Crippen molar-refractivity contribution < 1.29 is 9.53 Å². The lowest BCUT2D eigenvalue weighted by Crippen LogP contribution is -2.18. The van der Waals surface area contributed by atoms with E-state index < -0.39 is 0 Å². The van der Waals surface area contributed by atoms with Crippen molar-refractivity contribution in [1.82, 2.24) is 0 Å². The molecule has 0 spiro atoms. The Morgan fingerprint density at radius 2 is 1.52 bits per heavy atom. The molecule has 0 fully saturated rings. The van der Waals surface area contributed by atoms with Gasteiger partial charge in [0.15, 0.2) is 11.2 Å². The van der Waals surface area contributed by atoms with E-state index in [4.69, 9.17) is 4.74 Å². The Kier molecular flexibility index (Phi) is 12.0. The topological polar surface area (TPSA) is 26.3 Å². The number of unbranched alkanes of at least 4 members (excludes halogenated alkanes) is 8. The molecule has 0 aliphatic heterocycles. The summed E-state index contributed by atoms with van der Waals surface area (Å²) in [5.74, 6) is 0.212. The summed E-state index contributed by atoms with van der Waals surface area (Å²) in [5, 5.41) is 0. The predicted octanol–water partition coefficient (Wildman–Crippen LogP) is 6.24. The van der Waals surface area contributed by atoms with Crippen LogP contribution in [0.5, 0.6) is 0 Å². The molecule has 1 rings (SSSR count). The van der Waals surface area contributed by atoms with E-state index in [0.717, 1.165) is 17.7 Å². The smallest absolute Gasteiger partial charge is 0.172 e. The average molecular weight is 337 g/mol. The van der Waals surface area contributed by atoms with Gasteiger partial charge >= 0.3 is 0 Å². The van der Waals surface area contributed by atoms with Gasteiger partial charge in [-0.05, 0) is 18.6 Å². The summed E-state index contributed by atoms with van der Waals surface area (Å²) in [6.45, 7) is 2.25. The zero-order valence-corrected chi connectivity index (χ0v) is 15.6. The molecule has 0 amide bonds. The summed E-state index contributed by atoms with van der Waals surface area (Å²) in [6.07, 6.45) is 12.1. The first-order chi connectivity index (χ1) is 11.3. The maximum absolute atomic E-state index is 12.2. The summed E-state index contributed by atoms with van der Waals surface area (Å²) in [4.78, 5) is 13.3. The molecule has 1 aromatic carbocycles. The van der Waals surface area contributed by atoms with Crippen LogP contribution in [0.2, 0.25) is 0 Å². The fourth-order valence-electron chi connectivity index (χ4n) is 2.60. The third-order valence-corrected chi connectivity index (χ3v) is 5.20. The molecule has 130 valence electrons. The Labute approximate surface area is 146 Å². The molecule has 1 unspecified atom stereocenters. The number of ketones is 1. The lowest BCUT2D eigenvalue weighted by molar-refractivity contribution is -0.124. The Morgan fingerprint density at radius 3 is 2.09 bits per heavy atom. The van der Waals surface area contributed by atoms with Gasteiger partial charge in [0.1, 0.15) is 0 Å². The molecule has 3 heteroatoms. The van der Waals surface area contributed by atoms with Crippen LogP contribution in [-0.2, 0) is 9.53 Å². The van der Waals surface area contributed by atoms with Gasteiger partial charge in [-0.2, -0.15) is 0 Å². The molecule has 0 radical (unpaired) electrons. The molecule has 0 aliphatic rings. The zero-order chi connectivity index (χ0) is 16.8. The van der Waals surface area contributed by atoms with E-state index in [1.165, 1.54) is 56.7 Å². The molecule has 0 saturated carbocycles. The highest BCUT2D eigenvalue weighted by Gasteiger charge is 2.18. The standard InChI is InChI=1S/C20H32O2S/c1-3-4-5-6-7-8-9-10-14-17-19(21)20(22-2)23-18-15-12-11-13-16-18/h11-13,15-16,20H,3-10,14,17H2,1-2H3.